The molecule has 0 aliphatic carbocycles. The van der Waals surface area contributed by atoms with Crippen molar-refractivity contribution in [2.45, 2.75) is 38.4 Å². The van der Waals surface area contributed by atoms with Gasteiger partial charge in [-0.1, -0.05) is 26.0 Å². The minimum atomic E-state index is -1.01. The number of nitrogens with one attached hydrogen (secondary N) is 1. The van der Waals surface area contributed by atoms with E-state index in [1.807, 2.05) is 36.4 Å². The number of hydrogen-bond acceptors (Lipinski definition) is 5. The van der Waals surface area contributed by atoms with E-state index >= 15 is 0 Å². The molecule has 1 saturated heterocycles. The van der Waals surface area contributed by atoms with Crippen LogP contribution in [0.2, 0.25) is 0 Å². The second-order valence-electron chi connectivity index (χ2n) is 8.28. The van der Waals surface area contributed by atoms with Crippen LogP contribution in [0, 0.1) is 0 Å². The van der Waals surface area contributed by atoms with E-state index in [1.54, 1.807) is 11.1 Å². The van der Waals surface area contributed by atoms with Gasteiger partial charge in [0.05, 0.1) is 11.7 Å². The number of fused-ring (bicyclic) bond motifs is 2. The van der Waals surface area contributed by atoms with Gasteiger partial charge in [-0.15, -0.1) is 0 Å². The molecule has 1 N–H and O–H groups in total. The van der Waals surface area contributed by atoms with Crippen molar-refractivity contribution in [3.63, 3.8) is 0 Å². The highest BCUT2D eigenvalue weighted by Crippen LogP contribution is 2.38. The maximum absolute atomic E-state index is 12.9. The predicted molar refractivity (Wildman–Crippen MR) is 111 cm³/mol. The van der Waals surface area contributed by atoms with Crippen LogP contribution in [0.3, 0.4) is 0 Å². The molecule has 2 aromatic carbocycles. The molecule has 7 heteroatoms. The number of rotatable bonds is 2. The van der Waals surface area contributed by atoms with E-state index in [-0.39, 0.29) is 11.9 Å². The number of ether oxygens (including phenoxy) is 2. The third kappa shape index (κ3) is 3.10. The molecule has 0 radical (unpaired) electrons. The first kappa shape index (κ1) is 18.7. The number of hydrogen-bond donors (Lipinski definition) is 1. The largest absolute Gasteiger partial charge is 0.451 e. The first-order valence-electron chi connectivity index (χ1n) is 10.2. The average Bonchev–Trinajstić information content (AvgIpc) is 3.21. The van der Waals surface area contributed by atoms with E-state index in [4.69, 9.17) is 9.47 Å². The van der Waals surface area contributed by atoms with E-state index < -0.39 is 5.79 Å². The molecule has 5 rings (SSSR count). The van der Waals surface area contributed by atoms with Gasteiger partial charge < -0.3 is 14.4 Å². The van der Waals surface area contributed by atoms with Gasteiger partial charge in [0.25, 0.3) is 11.7 Å². The first-order chi connectivity index (χ1) is 14.4. The van der Waals surface area contributed by atoms with Crippen molar-refractivity contribution in [2.24, 2.45) is 0 Å². The Kier molecular flexibility index (Phi) is 4.27. The van der Waals surface area contributed by atoms with Crippen LogP contribution in [0.25, 0.3) is 10.9 Å². The molecule has 2 aliphatic heterocycles. The van der Waals surface area contributed by atoms with Crippen LogP contribution in [-0.4, -0.2) is 45.9 Å². The number of benzene rings is 2. The van der Waals surface area contributed by atoms with Crippen molar-refractivity contribution in [3.8, 4) is 5.75 Å². The van der Waals surface area contributed by atoms with Gasteiger partial charge >= 0.3 is 5.97 Å². The van der Waals surface area contributed by atoms with Gasteiger partial charge in [0.1, 0.15) is 11.3 Å². The number of aromatic amines is 1. The Labute approximate surface area is 174 Å². The van der Waals surface area contributed by atoms with Crippen molar-refractivity contribution in [1.82, 2.24) is 15.1 Å². The molecule has 0 saturated carbocycles. The van der Waals surface area contributed by atoms with Crippen LogP contribution in [0.4, 0.5) is 0 Å². The monoisotopic (exact) mass is 405 g/mol. The van der Waals surface area contributed by atoms with Crippen LogP contribution >= 0.6 is 0 Å². The molecule has 1 aromatic heterocycles. The number of amides is 1. The molecule has 0 unspecified atom stereocenters. The summed E-state index contributed by atoms with van der Waals surface area (Å²) in [6.07, 6.45) is 2.59. The zero-order valence-corrected chi connectivity index (χ0v) is 17.0. The highest BCUT2D eigenvalue weighted by atomic mass is 16.7. The molecule has 1 amide bonds. The number of carbonyl (C=O) groups is 2. The molecule has 7 nitrogen and oxygen atoms in total. The molecule has 0 atom stereocenters. The summed E-state index contributed by atoms with van der Waals surface area (Å²) in [5.74, 6) is -0.545. The number of H-pyrrole nitrogens is 1. The molecule has 3 heterocycles. The zero-order valence-electron chi connectivity index (χ0n) is 17.0. The van der Waals surface area contributed by atoms with Crippen LogP contribution in [0.5, 0.6) is 5.75 Å². The Bertz CT molecular complexity index is 1140. The molecular weight excluding hydrogens is 382 g/mol. The Morgan fingerprint density at radius 3 is 2.70 bits per heavy atom. The van der Waals surface area contributed by atoms with Gasteiger partial charge in [0.15, 0.2) is 0 Å². The van der Waals surface area contributed by atoms with E-state index in [0.29, 0.717) is 48.7 Å². The zero-order chi connectivity index (χ0) is 20.9. The molecule has 3 aromatic rings. The number of likely N-dealkylation sites (tertiary alicyclic amines) is 1. The van der Waals surface area contributed by atoms with Gasteiger partial charge in [-0.3, -0.25) is 9.89 Å². The third-order valence-corrected chi connectivity index (χ3v) is 5.97. The van der Waals surface area contributed by atoms with Crippen molar-refractivity contribution in [1.29, 1.82) is 0 Å². The fourth-order valence-electron chi connectivity index (χ4n) is 4.11. The SMILES string of the molecule is CC(C)c1ccc2c(c1)C(=O)OC1(CCN(C(=O)c3ccc4cn[nH]c4c3)CC1)O2. The Morgan fingerprint density at radius 1 is 1.13 bits per heavy atom. The van der Waals surface area contributed by atoms with E-state index in [0.717, 1.165) is 16.5 Å². The van der Waals surface area contributed by atoms with E-state index in [2.05, 4.69) is 24.0 Å². The number of aromatic nitrogens is 2. The molecular formula is C23H23N3O4. The summed E-state index contributed by atoms with van der Waals surface area (Å²) in [5, 5.41) is 7.85. The Morgan fingerprint density at radius 2 is 1.93 bits per heavy atom. The summed E-state index contributed by atoms with van der Waals surface area (Å²) >= 11 is 0. The summed E-state index contributed by atoms with van der Waals surface area (Å²) in [6.45, 7) is 5.06. The van der Waals surface area contributed by atoms with Gasteiger partial charge in [-0.05, 0) is 35.7 Å². The molecule has 0 bridgehead atoms. The number of nitrogens with zero attached hydrogens (tertiary/aromatic N) is 2. The van der Waals surface area contributed by atoms with Crippen LogP contribution < -0.4 is 4.74 Å². The maximum Gasteiger partial charge on any atom is 0.345 e. The van der Waals surface area contributed by atoms with Gasteiger partial charge in [0.2, 0.25) is 0 Å². The molecule has 154 valence electrons. The summed E-state index contributed by atoms with van der Waals surface area (Å²) in [7, 11) is 0. The smallest absolute Gasteiger partial charge is 0.345 e. The van der Waals surface area contributed by atoms with Gasteiger partial charge in [0, 0.05) is 36.9 Å². The maximum atomic E-state index is 12.9. The van der Waals surface area contributed by atoms with Gasteiger partial charge in [-0.2, -0.15) is 5.10 Å². The standard InChI is InChI=1S/C23H23N3O4/c1-14(2)15-5-6-20-18(11-15)22(28)30-23(29-20)7-9-26(10-8-23)21(27)16-3-4-17-13-24-25-19(17)12-16/h3-6,11-14H,7-10H2,1-2H3,(H,24,25). The normalized spacial score (nSPS) is 17.7. The molecule has 30 heavy (non-hydrogen) atoms. The van der Waals surface area contributed by atoms with Crippen molar-refractivity contribution < 1.29 is 19.1 Å². The molecule has 1 spiro atoms. The third-order valence-electron chi connectivity index (χ3n) is 5.97. The summed E-state index contributed by atoms with van der Waals surface area (Å²) in [4.78, 5) is 27.4. The Hall–Kier alpha value is -3.35. The van der Waals surface area contributed by atoms with E-state index in [9.17, 15) is 9.59 Å². The molecule has 2 aliphatic rings. The fourth-order valence-corrected chi connectivity index (χ4v) is 4.11. The van der Waals surface area contributed by atoms with E-state index in [1.165, 1.54) is 0 Å². The predicted octanol–water partition coefficient (Wildman–Crippen LogP) is 3.87. The quantitative estimate of drug-likeness (QED) is 0.655. The minimum absolute atomic E-state index is 0.0505. The van der Waals surface area contributed by atoms with Crippen molar-refractivity contribution >= 4 is 22.8 Å². The summed E-state index contributed by atoms with van der Waals surface area (Å²) in [6, 6.07) is 11.2. The van der Waals surface area contributed by atoms with Crippen LogP contribution in [-0.2, 0) is 4.74 Å². The lowest BCUT2D eigenvalue weighted by Crippen LogP contribution is -2.53. The summed E-state index contributed by atoms with van der Waals surface area (Å²) in [5.41, 5.74) is 2.98. The second-order valence-corrected chi connectivity index (χ2v) is 8.28. The molecule has 1 fully saturated rings. The highest BCUT2D eigenvalue weighted by molar-refractivity contribution is 5.98. The summed E-state index contributed by atoms with van der Waals surface area (Å²) < 4.78 is 11.9. The fraction of sp³-hybridized carbons (Fsp3) is 0.348. The lowest BCUT2D eigenvalue weighted by Gasteiger charge is -2.43. The van der Waals surface area contributed by atoms with Gasteiger partial charge in [-0.25, -0.2) is 4.79 Å². The average molecular weight is 405 g/mol. The van der Waals surface area contributed by atoms with Crippen LogP contribution in [0.15, 0.2) is 42.6 Å². The van der Waals surface area contributed by atoms with Crippen molar-refractivity contribution in [3.05, 3.63) is 59.3 Å². The minimum Gasteiger partial charge on any atom is -0.451 e. The lowest BCUT2D eigenvalue weighted by molar-refractivity contribution is -0.177. The lowest BCUT2D eigenvalue weighted by atomic mass is 9.97. The topological polar surface area (TPSA) is 84.5 Å². The van der Waals surface area contributed by atoms with Crippen molar-refractivity contribution in [2.75, 3.05) is 13.1 Å². The van der Waals surface area contributed by atoms with Crippen LogP contribution in [0.1, 0.15) is 58.9 Å². The Balaban J connectivity index is 1.31. The first-order valence-corrected chi connectivity index (χ1v) is 10.2. The second kappa shape index (κ2) is 6.86. The number of piperidine rings is 1. The number of esters is 1. The highest BCUT2D eigenvalue weighted by Gasteiger charge is 2.45. The number of carbonyl (C=O) groups excluding carboxylic acids is 2.